The largest absolute Gasteiger partial charge is 0.341 e. The number of hydrogen-bond donors (Lipinski definition) is 0. The zero-order valence-electron chi connectivity index (χ0n) is 15.9. The molecular weight excluding hydrogens is 322 g/mol. The predicted octanol–water partition coefficient (Wildman–Crippen LogP) is 3.42. The monoisotopic (exact) mass is 351 g/mol. The first-order valence-corrected chi connectivity index (χ1v) is 9.56. The summed E-state index contributed by atoms with van der Waals surface area (Å²) in [7, 11) is 1.91. The third-order valence-corrected chi connectivity index (χ3v) is 5.37. The van der Waals surface area contributed by atoms with Gasteiger partial charge in [0.15, 0.2) is 0 Å². The molecular formula is C22H29N3O. The molecule has 1 aromatic carbocycles. The van der Waals surface area contributed by atoms with Crippen molar-refractivity contribution in [1.29, 1.82) is 0 Å². The SMILES string of the molecule is Cc1ccccc1CCN1CCC[C@@H](CN(C)C(=O)c2ccncc2)C1. The lowest BCUT2D eigenvalue weighted by Crippen LogP contribution is -2.42. The Morgan fingerprint density at radius 1 is 1.23 bits per heavy atom. The maximum absolute atomic E-state index is 12.5. The summed E-state index contributed by atoms with van der Waals surface area (Å²) in [6.45, 7) is 6.36. The van der Waals surface area contributed by atoms with Gasteiger partial charge in [-0.05, 0) is 61.9 Å². The van der Waals surface area contributed by atoms with Gasteiger partial charge in [0.1, 0.15) is 0 Å². The Labute approximate surface area is 156 Å². The Morgan fingerprint density at radius 2 is 2.00 bits per heavy atom. The van der Waals surface area contributed by atoms with Gasteiger partial charge >= 0.3 is 0 Å². The lowest BCUT2D eigenvalue weighted by atomic mass is 9.96. The molecule has 1 aliphatic heterocycles. The number of aromatic nitrogens is 1. The topological polar surface area (TPSA) is 36.4 Å². The van der Waals surface area contributed by atoms with Gasteiger partial charge in [-0.3, -0.25) is 9.78 Å². The van der Waals surface area contributed by atoms with E-state index in [2.05, 4.69) is 41.1 Å². The van der Waals surface area contributed by atoms with Crippen molar-refractivity contribution in [3.63, 3.8) is 0 Å². The average Bonchev–Trinajstić information content (AvgIpc) is 2.68. The highest BCUT2D eigenvalue weighted by Gasteiger charge is 2.23. The highest BCUT2D eigenvalue weighted by molar-refractivity contribution is 5.93. The normalized spacial score (nSPS) is 17.8. The molecule has 4 heteroatoms. The van der Waals surface area contributed by atoms with E-state index in [1.807, 2.05) is 11.9 Å². The summed E-state index contributed by atoms with van der Waals surface area (Å²) >= 11 is 0. The first-order valence-electron chi connectivity index (χ1n) is 9.56. The first-order chi connectivity index (χ1) is 12.6. The summed E-state index contributed by atoms with van der Waals surface area (Å²) in [5.74, 6) is 0.640. The minimum absolute atomic E-state index is 0.0874. The highest BCUT2D eigenvalue weighted by Crippen LogP contribution is 2.19. The minimum Gasteiger partial charge on any atom is -0.341 e. The molecule has 1 fully saturated rings. The molecule has 0 N–H and O–H groups in total. The van der Waals surface area contributed by atoms with Crippen LogP contribution in [0.3, 0.4) is 0 Å². The van der Waals surface area contributed by atoms with Crippen molar-refractivity contribution < 1.29 is 4.79 Å². The zero-order chi connectivity index (χ0) is 18.4. The number of carbonyl (C=O) groups excluding carboxylic acids is 1. The van der Waals surface area contributed by atoms with Gasteiger partial charge in [0, 0.05) is 44.6 Å². The standard InChI is InChI=1S/C22H29N3O/c1-18-6-3-4-8-20(18)11-15-25-14-5-7-19(17-25)16-24(2)22(26)21-9-12-23-13-10-21/h3-4,6,8-10,12-13,19H,5,7,11,14-17H2,1-2H3/t19-/m0/s1. The van der Waals surface area contributed by atoms with Gasteiger partial charge in [-0.1, -0.05) is 24.3 Å². The molecule has 0 unspecified atom stereocenters. The molecule has 1 aliphatic rings. The number of amides is 1. The van der Waals surface area contributed by atoms with Crippen molar-refractivity contribution in [1.82, 2.24) is 14.8 Å². The van der Waals surface area contributed by atoms with Crippen LogP contribution in [0.2, 0.25) is 0 Å². The van der Waals surface area contributed by atoms with Crippen LogP contribution in [0.4, 0.5) is 0 Å². The maximum Gasteiger partial charge on any atom is 0.253 e. The van der Waals surface area contributed by atoms with Crippen molar-refractivity contribution in [3.05, 3.63) is 65.5 Å². The maximum atomic E-state index is 12.5. The van der Waals surface area contributed by atoms with Gasteiger partial charge in [0.2, 0.25) is 0 Å². The van der Waals surface area contributed by atoms with Crippen LogP contribution in [-0.2, 0) is 6.42 Å². The molecule has 1 saturated heterocycles. The fourth-order valence-electron chi connectivity index (χ4n) is 3.86. The number of likely N-dealkylation sites (tertiary alicyclic amines) is 1. The fourth-order valence-corrected chi connectivity index (χ4v) is 3.86. The number of rotatable bonds is 6. The Hall–Kier alpha value is -2.20. The minimum atomic E-state index is 0.0874. The van der Waals surface area contributed by atoms with Crippen molar-refractivity contribution in [3.8, 4) is 0 Å². The zero-order valence-corrected chi connectivity index (χ0v) is 15.9. The van der Waals surface area contributed by atoms with E-state index in [4.69, 9.17) is 0 Å². The second-order valence-corrected chi connectivity index (χ2v) is 7.41. The van der Waals surface area contributed by atoms with Crippen LogP contribution in [-0.4, -0.2) is 53.9 Å². The number of benzene rings is 1. The molecule has 0 spiro atoms. The van der Waals surface area contributed by atoms with E-state index in [1.165, 1.54) is 30.5 Å². The van der Waals surface area contributed by atoms with Crippen LogP contribution >= 0.6 is 0 Å². The Morgan fingerprint density at radius 3 is 2.77 bits per heavy atom. The molecule has 0 radical (unpaired) electrons. The van der Waals surface area contributed by atoms with Gasteiger partial charge < -0.3 is 9.80 Å². The van der Waals surface area contributed by atoms with E-state index in [0.717, 1.165) is 31.6 Å². The summed E-state index contributed by atoms with van der Waals surface area (Å²) in [6, 6.07) is 12.2. The van der Waals surface area contributed by atoms with Crippen LogP contribution in [0.5, 0.6) is 0 Å². The second kappa shape index (κ2) is 8.95. The van der Waals surface area contributed by atoms with Gasteiger partial charge in [-0.2, -0.15) is 0 Å². The van der Waals surface area contributed by atoms with Crippen LogP contribution in [0.1, 0.15) is 34.3 Å². The molecule has 2 heterocycles. The third-order valence-electron chi connectivity index (χ3n) is 5.37. The van der Waals surface area contributed by atoms with Gasteiger partial charge in [-0.25, -0.2) is 0 Å². The summed E-state index contributed by atoms with van der Waals surface area (Å²) in [5.41, 5.74) is 3.54. The number of carbonyl (C=O) groups is 1. The van der Waals surface area contributed by atoms with Gasteiger partial charge in [0.25, 0.3) is 5.91 Å². The van der Waals surface area contributed by atoms with Crippen molar-refractivity contribution in [2.24, 2.45) is 5.92 Å². The van der Waals surface area contributed by atoms with E-state index >= 15 is 0 Å². The summed E-state index contributed by atoms with van der Waals surface area (Å²) in [6.07, 6.45) is 6.87. The Kier molecular flexibility index (Phi) is 6.40. The van der Waals surface area contributed by atoms with E-state index in [-0.39, 0.29) is 5.91 Å². The first kappa shape index (κ1) is 18.6. The number of hydrogen-bond acceptors (Lipinski definition) is 3. The molecule has 1 amide bonds. The molecule has 0 saturated carbocycles. The lowest BCUT2D eigenvalue weighted by Gasteiger charge is -2.34. The quantitative estimate of drug-likeness (QED) is 0.800. The smallest absolute Gasteiger partial charge is 0.253 e. The summed E-state index contributed by atoms with van der Waals surface area (Å²) in [4.78, 5) is 20.9. The predicted molar refractivity (Wildman–Crippen MR) is 105 cm³/mol. The van der Waals surface area contributed by atoms with E-state index < -0.39 is 0 Å². The summed E-state index contributed by atoms with van der Waals surface area (Å²) < 4.78 is 0. The van der Waals surface area contributed by atoms with Gasteiger partial charge in [0.05, 0.1) is 0 Å². The number of piperidine rings is 1. The van der Waals surface area contributed by atoms with Crippen molar-refractivity contribution in [2.75, 3.05) is 33.2 Å². The second-order valence-electron chi connectivity index (χ2n) is 7.41. The fraction of sp³-hybridized carbons (Fsp3) is 0.455. The molecule has 0 aliphatic carbocycles. The van der Waals surface area contributed by atoms with Crippen LogP contribution < -0.4 is 0 Å². The molecule has 0 bridgehead atoms. The molecule has 2 aromatic rings. The molecule has 3 rings (SSSR count). The number of aryl methyl sites for hydroxylation is 1. The molecule has 1 atom stereocenters. The van der Waals surface area contributed by atoms with Crippen LogP contribution in [0.15, 0.2) is 48.8 Å². The average molecular weight is 351 g/mol. The lowest BCUT2D eigenvalue weighted by molar-refractivity contribution is 0.0730. The highest BCUT2D eigenvalue weighted by atomic mass is 16.2. The number of nitrogens with zero attached hydrogens (tertiary/aromatic N) is 3. The van der Waals surface area contributed by atoms with Crippen LogP contribution in [0.25, 0.3) is 0 Å². The van der Waals surface area contributed by atoms with Crippen molar-refractivity contribution in [2.45, 2.75) is 26.2 Å². The van der Waals surface area contributed by atoms with Gasteiger partial charge in [-0.15, -0.1) is 0 Å². The molecule has 4 nitrogen and oxygen atoms in total. The van der Waals surface area contributed by atoms with E-state index in [1.54, 1.807) is 24.5 Å². The van der Waals surface area contributed by atoms with Crippen molar-refractivity contribution >= 4 is 5.91 Å². The Bertz CT molecular complexity index is 716. The van der Waals surface area contributed by atoms with E-state index in [0.29, 0.717) is 5.92 Å². The molecule has 138 valence electrons. The molecule has 1 aromatic heterocycles. The Balaban J connectivity index is 1.50. The third kappa shape index (κ3) is 4.92. The number of pyridine rings is 1. The summed E-state index contributed by atoms with van der Waals surface area (Å²) in [5, 5.41) is 0. The van der Waals surface area contributed by atoms with E-state index in [9.17, 15) is 4.79 Å². The van der Waals surface area contributed by atoms with Crippen LogP contribution in [0, 0.1) is 12.8 Å². The molecule has 26 heavy (non-hydrogen) atoms.